The van der Waals surface area contributed by atoms with Crippen LogP contribution < -0.4 is 0 Å². The second kappa shape index (κ2) is 6.07. The molecule has 0 radical (unpaired) electrons. The normalized spacial score (nSPS) is 19.1. The molecule has 3 rings (SSSR count). The second-order valence-corrected chi connectivity index (χ2v) is 6.86. The lowest BCUT2D eigenvalue weighted by molar-refractivity contribution is -0.133. The summed E-state index contributed by atoms with van der Waals surface area (Å²) in [6.07, 6.45) is 2.02. The highest BCUT2D eigenvalue weighted by Crippen LogP contribution is 2.38. The number of likely N-dealkylation sites (tertiary alicyclic amines) is 1. The van der Waals surface area contributed by atoms with Crippen LogP contribution in [0.25, 0.3) is 0 Å². The Morgan fingerprint density at radius 2 is 1.96 bits per heavy atom. The van der Waals surface area contributed by atoms with Gasteiger partial charge in [-0.3, -0.25) is 9.48 Å². The molecular weight excluding hydrogens is 304 g/mol. The van der Waals surface area contributed by atoms with Crippen LogP contribution in [0, 0.1) is 27.7 Å². The monoisotopic (exact) mass is 330 g/mol. The van der Waals surface area contributed by atoms with Crippen molar-refractivity contribution < 1.29 is 9.32 Å². The van der Waals surface area contributed by atoms with Gasteiger partial charge in [0.25, 0.3) is 0 Å². The number of aromatic nitrogens is 3. The molecule has 0 bridgehead atoms. The zero-order chi connectivity index (χ0) is 17.6. The van der Waals surface area contributed by atoms with Crippen LogP contribution in [0.5, 0.6) is 0 Å². The number of aryl methyl sites for hydroxylation is 4. The van der Waals surface area contributed by atoms with Gasteiger partial charge in [0, 0.05) is 30.4 Å². The largest absolute Gasteiger partial charge is 0.361 e. The highest BCUT2D eigenvalue weighted by molar-refractivity contribution is 5.84. The van der Waals surface area contributed by atoms with Gasteiger partial charge in [-0.1, -0.05) is 5.16 Å². The molecule has 0 saturated carbocycles. The van der Waals surface area contributed by atoms with Gasteiger partial charge in [-0.25, -0.2) is 0 Å². The first-order chi connectivity index (χ1) is 11.3. The van der Waals surface area contributed by atoms with Gasteiger partial charge >= 0.3 is 0 Å². The zero-order valence-electron chi connectivity index (χ0n) is 15.4. The molecule has 0 aromatic carbocycles. The Labute approximate surface area is 142 Å². The molecule has 6 nitrogen and oxygen atoms in total. The van der Waals surface area contributed by atoms with Crippen molar-refractivity contribution in [2.24, 2.45) is 7.05 Å². The zero-order valence-corrected chi connectivity index (χ0v) is 15.4. The Morgan fingerprint density at radius 3 is 2.50 bits per heavy atom. The van der Waals surface area contributed by atoms with Gasteiger partial charge in [0.1, 0.15) is 5.76 Å². The summed E-state index contributed by atoms with van der Waals surface area (Å²) in [6, 6.07) is 0.120. The molecule has 2 unspecified atom stereocenters. The van der Waals surface area contributed by atoms with Gasteiger partial charge in [-0.2, -0.15) is 5.10 Å². The number of amides is 1. The molecular formula is C18H26N4O2. The van der Waals surface area contributed by atoms with E-state index in [0.717, 1.165) is 47.8 Å². The van der Waals surface area contributed by atoms with Gasteiger partial charge in [0.05, 0.1) is 23.3 Å². The van der Waals surface area contributed by atoms with E-state index >= 15 is 0 Å². The van der Waals surface area contributed by atoms with Gasteiger partial charge in [-0.05, 0) is 47.5 Å². The quantitative estimate of drug-likeness (QED) is 0.867. The number of carbonyl (C=O) groups excluding carboxylic acids is 1. The predicted molar refractivity (Wildman–Crippen MR) is 90.8 cm³/mol. The lowest BCUT2D eigenvalue weighted by atomic mass is 9.96. The minimum absolute atomic E-state index is 0.120. The van der Waals surface area contributed by atoms with E-state index in [1.54, 1.807) is 0 Å². The standard InChI is InChI=1S/C18H26N4O2/c1-10(16-12(3)20-24-14(16)5)18(23)22-9-7-8-15(22)17-11(2)19-21(6)13(17)4/h10,15H,7-9H2,1-6H3. The van der Waals surface area contributed by atoms with Crippen molar-refractivity contribution in [2.45, 2.75) is 59.4 Å². The third-order valence-corrected chi connectivity index (χ3v) is 5.33. The SMILES string of the molecule is Cc1noc(C)c1C(C)C(=O)N1CCCC1c1c(C)nn(C)c1C. The number of carbonyl (C=O) groups is 1. The molecule has 1 amide bonds. The number of nitrogens with zero attached hydrogens (tertiary/aromatic N) is 4. The van der Waals surface area contributed by atoms with E-state index in [2.05, 4.69) is 17.2 Å². The van der Waals surface area contributed by atoms with Crippen LogP contribution in [-0.4, -0.2) is 32.3 Å². The van der Waals surface area contributed by atoms with Crippen molar-refractivity contribution in [1.82, 2.24) is 19.8 Å². The van der Waals surface area contributed by atoms with Crippen LogP contribution in [0.1, 0.15) is 65.7 Å². The summed E-state index contributed by atoms with van der Waals surface area (Å²) in [5, 5.41) is 8.52. The van der Waals surface area contributed by atoms with E-state index in [4.69, 9.17) is 4.52 Å². The molecule has 0 aliphatic carbocycles. The van der Waals surface area contributed by atoms with Crippen LogP contribution in [0.4, 0.5) is 0 Å². The first kappa shape index (κ1) is 16.7. The van der Waals surface area contributed by atoms with E-state index in [1.807, 2.05) is 44.3 Å². The molecule has 24 heavy (non-hydrogen) atoms. The molecule has 6 heteroatoms. The fourth-order valence-corrected chi connectivity index (χ4v) is 4.08. The first-order valence-corrected chi connectivity index (χ1v) is 8.56. The molecule has 0 spiro atoms. The fraction of sp³-hybridized carbons (Fsp3) is 0.611. The van der Waals surface area contributed by atoms with Crippen molar-refractivity contribution >= 4 is 5.91 Å². The van der Waals surface area contributed by atoms with Crippen molar-refractivity contribution in [3.05, 3.63) is 34.0 Å². The van der Waals surface area contributed by atoms with Crippen molar-refractivity contribution in [3.8, 4) is 0 Å². The molecule has 130 valence electrons. The number of rotatable bonds is 3. The topological polar surface area (TPSA) is 64.2 Å². The minimum Gasteiger partial charge on any atom is -0.361 e. The predicted octanol–water partition coefficient (Wildman–Crippen LogP) is 3.11. The smallest absolute Gasteiger partial charge is 0.230 e. The Morgan fingerprint density at radius 1 is 1.25 bits per heavy atom. The average molecular weight is 330 g/mol. The minimum atomic E-state index is -0.242. The Kier molecular flexibility index (Phi) is 4.24. The summed E-state index contributed by atoms with van der Waals surface area (Å²) < 4.78 is 7.15. The van der Waals surface area contributed by atoms with E-state index in [-0.39, 0.29) is 17.9 Å². The Hall–Kier alpha value is -2.11. The molecule has 1 saturated heterocycles. The van der Waals surface area contributed by atoms with Crippen LogP contribution in [0.15, 0.2) is 4.52 Å². The Bertz CT molecular complexity index is 755. The molecule has 1 fully saturated rings. The van der Waals surface area contributed by atoms with Gasteiger partial charge < -0.3 is 9.42 Å². The third kappa shape index (κ3) is 2.54. The van der Waals surface area contributed by atoms with E-state index in [9.17, 15) is 4.79 Å². The molecule has 2 aromatic rings. The maximum absolute atomic E-state index is 13.2. The summed E-state index contributed by atoms with van der Waals surface area (Å²) in [5.74, 6) is 0.640. The summed E-state index contributed by atoms with van der Waals surface area (Å²) in [4.78, 5) is 15.2. The average Bonchev–Trinajstić information content (AvgIpc) is 3.18. The lowest BCUT2D eigenvalue weighted by Gasteiger charge is -2.28. The summed E-state index contributed by atoms with van der Waals surface area (Å²) in [7, 11) is 1.96. The Balaban J connectivity index is 1.92. The van der Waals surface area contributed by atoms with Crippen LogP contribution in [0.3, 0.4) is 0 Å². The fourth-order valence-electron chi connectivity index (χ4n) is 4.08. The number of hydrogen-bond acceptors (Lipinski definition) is 4. The number of hydrogen-bond donors (Lipinski definition) is 0. The van der Waals surface area contributed by atoms with Crippen LogP contribution in [-0.2, 0) is 11.8 Å². The highest BCUT2D eigenvalue weighted by atomic mass is 16.5. The molecule has 2 aromatic heterocycles. The lowest BCUT2D eigenvalue weighted by Crippen LogP contribution is -2.34. The molecule has 1 aliphatic heterocycles. The summed E-state index contributed by atoms with van der Waals surface area (Å²) >= 11 is 0. The van der Waals surface area contributed by atoms with Gasteiger partial charge in [-0.15, -0.1) is 0 Å². The maximum atomic E-state index is 13.2. The van der Waals surface area contributed by atoms with E-state index in [1.165, 1.54) is 5.56 Å². The second-order valence-electron chi connectivity index (χ2n) is 6.86. The summed E-state index contributed by atoms with van der Waals surface area (Å²) in [6.45, 7) is 10.6. The summed E-state index contributed by atoms with van der Waals surface area (Å²) in [5.41, 5.74) is 5.09. The van der Waals surface area contributed by atoms with Crippen molar-refractivity contribution in [2.75, 3.05) is 6.54 Å². The molecule has 0 N–H and O–H groups in total. The van der Waals surface area contributed by atoms with E-state index < -0.39 is 0 Å². The van der Waals surface area contributed by atoms with Gasteiger partial charge in [0.15, 0.2) is 0 Å². The van der Waals surface area contributed by atoms with Crippen LogP contribution in [0.2, 0.25) is 0 Å². The molecule has 1 aliphatic rings. The van der Waals surface area contributed by atoms with Gasteiger partial charge in [0.2, 0.25) is 5.91 Å². The highest BCUT2D eigenvalue weighted by Gasteiger charge is 2.36. The van der Waals surface area contributed by atoms with Crippen molar-refractivity contribution in [3.63, 3.8) is 0 Å². The van der Waals surface area contributed by atoms with E-state index in [0.29, 0.717) is 0 Å². The van der Waals surface area contributed by atoms with Crippen molar-refractivity contribution in [1.29, 1.82) is 0 Å². The maximum Gasteiger partial charge on any atom is 0.230 e. The molecule has 2 atom stereocenters. The first-order valence-electron chi connectivity index (χ1n) is 8.56. The third-order valence-electron chi connectivity index (χ3n) is 5.33. The van der Waals surface area contributed by atoms with Crippen LogP contribution >= 0.6 is 0 Å². The molecule has 3 heterocycles.